The molecule has 0 amide bonds. The number of hydrogen-bond donors (Lipinski definition) is 0. The molecule has 0 atom stereocenters. The van der Waals surface area contributed by atoms with Crippen LogP contribution in [0.15, 0.2) is 27.8 Å². The molecule has 0 radical (unpaired) electrons. The fourth-order valence-corrected chi connectivity index (χ4v) is 2.44. The van der Waals surface area contributed by atoms with Gasteiger partial charge in [0.2, 0.25) is 0 Å². The van der Waals surface area contributed by atoms with Gasteiger partial charge in [-0.1, -0.05) is 11.8 Å². The van der Waals surface area contributed by atoms with Crippen LogP contribution >= 0.6 is 27.7 Å². The first-order valence-corrected chi connectivity index (χ1v) is 6.55. The van der Waals surface area contributed by atoms with Gasteiger partial charge < -0.3 is 4.74 Å². The average Bonchev–Trinajstić information content (AvgIpc) is 2.21. The zero-order chi connectivity index (χ0) is 12.2. The van der Waals surface area contributed by atoms with Crippen LogP contribution in [-0.4, -0.2) is 22.3 Å². The Kier molecular flexibility index (Phi) is 4.80. The number of halogens is 1. The lowest BCUT2D eigenvalue weighted by Crippen LogP contribution is -2.30. The summed E-state index contributed by atoms with van der Waals surface area (Å²) in [6, 6.07) is 3.74. The molecule has 0 aromatic carbocycles. The summed E-state index contributed by atoms with van der Waals surface area (Å²) in [5, 5.41) is 0.792. The number of carbonyl (C=O) groups is 1. The molecule has 1 heterocycles. The predicted molar refractivity (Wildman–Crippen MR) is 68.5 cm³/mol. The number of rotatable bonds is 4. The van der Waals surface area contributed by atoms with Crippen LogP contribution in [-0.2, 0) is 9.53 Å². The highest BCUT2D eigenvalue weighted by Gasteiger charge is 2.31. The number of carbonyl (C=O) groups excluding carboxylic acids is 1. The number of pyridine rings is 1. The standard InChI is InChI=1S/C11H14BrNO2S/c1-4-15-10(14)11(2,3)16-9-8(12)6-5-7-13-9/h5-7H,4H2,1-3H3. The molecule has 0 aliphatic rings. The Labute approximate surface area is 108 Å². The minimum Gasteiger partial charge on any atom is -0.465 e. The van der Waals surface area contributed by atoms with Crippen LogP contribution in [0.1, 0.15) is 20.8 Å². The van der Waals surface area contributed by atoms with Crippen molar-refractivity contribution in [1.82, 2.24) is 4.98 Å². The second kappa shape index (κ2) is 5.68. The molecule has 0 bridgehead atoms. The summed E-state index contributed by atoms with van der Waals surface area (Å²) in [6.45, 7) is 5.86. The molecule has 3 nitrogen and oxygen atoms in total. The largest absolute Gasteiger partial charge is 0.465 e. The molecular formula is C11H14BrNO2S. The van der Waals surface area contributed by atoms with Crippen molar-refractivity contribution in [2.75, 3.05) is 6.61 Å². The Hall–Kier alpha value is -0.550. The van der Waals surface area contributed by atoms with Gasteiger partial charge in [-0.15, -0.1) is 0 Å². The molecule has 1 aromatic heterocycles. The van der Waals surface area contributed by atoms with E-state index in [1.54, 1.807) is 13.1 Å². The van der Waals surface area contributed by atoms with Gasteiger partial charge in [-0.3, -0.25) is 4.79 Å². The number of esters is 1. The van der Waals surface area contributed by atoms with Crippen molar-refractivity contribution in [3.8, 4) is 0 Å². The van der Waals surface area contributed by atoms with E-state index in [9.17, 15) is 4.79 Å². The van der Waals surface area contributed by atoms with Crippen molar-refractivity contribution in [3.05, 3.63) is 22.8 Å². The molecule has 0 saturated heterocycles. The topological polar surface area (TPSA) is 39.2 Å². The van der Waals surface area contributed by atoms with Crippen LogP contribution < -0.4 is 0 Å². The van der Waals surface area contributed by atoms with E-state index in [0.29, 0.717) is 6.61 Å². The zero-order valence-corrected chi connectivity index (χ0v) is 11.9. The van der Waals surface area contributed by atoms with E-state index in [1.807, 2.05) is 26.0 Å². The molecule has 0 unspecified atom stereocenters. The first-order chi connectivity index (χ1) is 7.47. The molecule has 88 valence electrons. The van der Waals surface area contributed by atoms with E-state index in [4.69, 9.17) is 4.74 Å². The van der Waals surface area contributed by atoms with Crippen LogP contribution in [0.4, 0.5) is 0 Å². The van der Waals surface area contributed by atoms with E-state index < -0.39 is 4.75 Å². The maximum atomic E-state index is 11.7. The first kappa shape index (κ1) is 13.5. The lowest BCUT2D eigenvalue weighted by atomic mass is 10.2. The third-order valence-corrected chi connectivity index (χ3v) is 3.94. The highest BCUT2D eigenvalue weighted by atomic mass is 79.9. The predicted octanol–water partition coefficient (Wildman–Crippen LogP) is 3.28. The minimum absolute atomic E-state index is 0.224. The van der Waals surface area contributed by atoms with Gasteiger partial charge in [0, 0.05) is 10.7 Å². The second-order valence-corrected chi connectivity index (χ2v) is 6.09. The van der Waals surface area contributed by atoms with E-state index in [0.717, 1.165) is 9.50 Å². The Morgan fingerprint density at radius 2 is 2.31 bits per heavy atom. The maximum absolute atomic E-state index is 11.7. The summed E-state index contributed by atoms with van der Waals surface area (Å²) in [7, 11) is 0. The molecule has 16 heavy (non-hydrogen) atoms. The van der Waals surface area contributed by atoms with Gasteiger partial charge in [-0.25, -0.2) is 4.98 Å². The van der Waals surface area contributed by atoms with E-state index >= 15 is 0 Å². The van der Waals surface area contributed by atoms with E-state index in [-0.39, 0.29) is 5.97 Å². The van der Waals surface area contributed by atoms with Crippen LogP contribution in [0.5, 0.6) is 0 Å². The molecule has 0 aliphatic heterocycles. The number of aromatic nitrogens is 1. The number of hydrogen-bond acceptors (Lipinski definition) is 4. The molecule has 0 N–H and O–H groups in total. The third kappa shape index (κ3) is 3.49. The second-order valence-electron chi connectivity index (χ2n) is 3.62. The van der Waals surface area contributed by atoms with Crippen LogP contribution in [0, 0.1) is 0 Å². The van der Waals surface area contributed by atoms with Crippen molar-refractivity contribution in [2.45, 2.75) is 30.5 Å². The lowest BCUT2D eigenvalue weighted by molar-refractivity contribution is -0.145. The Balaban J connectivity index is 2.80. The van der Waals surface area contributed by atoms with Gasteiger partial charge >= 0.3 is 5.97 Å². The molecule has 5 heteroatoms. The molecule has 0 spiro atoms. The normalized spacial score (nSPS) is 11.2. The lowest BCUT2D eigenvalue weighted by Gasteiger charge is -2.21. The van der Waals surface area contributed by atoms with Gasteiger partial charge in [0.1, 0.15) is 9.77 Å². The summed E-state index contributed by atoms with van der Waals surface area (Å²) in [6.07, 6.45) is 1.70. The Bertz CT molecular complexity index is 382. The van der Waals surface area contributed by atoms with Crippen LogP contribution in [0.3, 0.4) is 0 Å². The van der Waals surface area contributed by atoms with Gasteiger partial charge in [-0.05, 0) is 48.8 Å². The number of thioether (sulfide) groups is 1. The summed E-state index contributed by atoms with van der Waals surface area (Å²) < 4.78 is 5.27. The number of ether oxygens (including phenoxy) is 1. The zero-order valence-electron chi connectivity index (χ0n) is 9.49. The molecule has 1 rings (SSSR count). The fraction of sp³-hybridized carbons (Fsp3) is 0.455. The number of nitrogens with zero attached hydrogens (tertiary/aromatic N) is 1. The molecule has 0 fully saturated rings. The average molecular weight is 304 g/mol. The Morgan fingerprint density at radius 3 is 2.88 bits per heavy atom. The van der Waals surface area contributed by atoms with Crippen molar-refractivity contribution in [1.29, 1.82) is 0 Å². The highest BCUT2D eigenvalue weighted by Crippen LogP contribution is 2.35. The minimum atomic E-state index is -0.632. The SMILES string of the molecule is CCOC(=O)C(C)(C)Sc1ncccc1Br. The van der Waals surface area contributed by atoms with Crippen LogP contribution in [0.2, 0.25) is 0 Å². The first-order valence-electron chi connectivity index (χ1n) is 4.94. The fourth-order valence-electron chi connectivity index (χ4n) is 1.03. The van der Waals surface area contributed by atoms with Crippen molar-refractivity contribution in [2.24, 2.45) is 0 Å². The highest BCUT2D eigenvalue weighted by molar-refractivity contribution is 9.10. The third-order valence-electron chi connectivity index (χ3n) is 1.84. The van der Waals surface area contributed by atoms with Gasteiger partial charge in [0.05, 0.1) is 6.61 Å². The van der Waals surface area contributed by atoms with Crippen LogP contribution in [0.25, 0.3) is 0 Å². The van der Waals surface area contributed by atoms with Crippen molar-refractivity contribution >= 4 is 33.7 Å². The van der Waals surface area contributed by atoms with Crippen molar-refractivity contribution in [3.63, 3.8) is 0 Å². The quantitative estimate of drug-likeness (QED) is 0.632. The summed E-state index contributed by atoms with van der Waals surface area (Å²) in [5.41, 5.74) is 0. The Morgan fingerprint density at radius 1 is 1.62 bits per heavy atom. The van der Waals surface area contributed by atoms with Gasteiger partial charge in [0.25, 0.3) is 0 Å². The maximum Gasteiger partial charge on any atom is 0.322 e. The van der Waals surface area contributed by atoms with Gasteiger partial charge in [-0.2, -0.15) is 0 Å². The summed E-state index contributed by atoms with van der Waals surface area (Å²) >= 11 is 4.79. The summed E-state index contributed by atoms with van der Waals surface area (Å²) in [4.78, 5) is 15.9. The van der Waals surface area contributed by atoms with E-state index in [1.165, 1.54) is 11.8 Å². The summed E-state index contributed by atoms with van der Waals surface area (Å²) in [5.74, 6) is -0.224. The van der Waals surface area contributed by atoms with E-state index in [2.05, 4.69) is 20.9 Å². The molecule has 0 aliphatic carbocycles. The van der Waals surface area contributed by atoms with Gasteiger partial charge in [0.15, 0.2) is 0 Å². The molecular weight excluding hydrogens is 290 g/mol. The molecule has 1 aromatic rings. The van der Waals surface area contributed by atoms with Crippen molar-refractivity contribution < 1.29 is 9.53 Å². The smallest absolute Gasteiger partial charge is 0.322 e. The monoisotopic (exact) mass is 303 g/mol. The molecule has 0 saturated carbocycles.